The van der Waals surface area contributed by atoms with Gasteiger partial charge in [0.25, 0.3) is 0 Å². The lowest BCUT2D eigenvalue weighted by Crippen LogP contribution is -2.07. The van der Waals surface area contributed by atoms with Crippen molar-refractivity contribution in [2.24, 2.45) is 7.05 Å². The molecule has 0 fully saturated rings. The summed E-state index contributed by atoms with van der Waals surface area (Å²) in [6.45, 7) is 1.55. The van der Waals surface area contributed by atoms with Gasteiger partial charge in [0, 0.05) is 18.9 Å². The molecule has 0 aliphatic heterocycles. The number of hydrogen-bond acceptors (Lipinski definition) is 5. The Hall–Kier alpha value is -1.86. The average molecular weight is 329 g/mol. The molecule has 0 radical (unpaired) electrons. The van der Waals surface area contributed by atoms with Crippen LogP contribution in [0.5, 0.6) is 5.88 Å². The van der Waals surface area contributed by atoms with Gasteiger partial charge in [0.05, 0.1) is 16.1 Å². The second-order valence-electron chi connectivity index (χ2n) is 4.66. The van der Waals surface area contributed by atoms with Crippen LogP contribution in [0.3, 0.4) is 0 Å². The van der Waals surface area contributed by atoms with E-state index in [0.29, 0.717) is 5.56 Å². The maximum atomic E-state index is 12.4. The second-order valence-corrected chi connectivity index (χ2v) is 7.02. The first-order valence-corrected chi connectivity index (χ1v) is 8.16. The standard InChI is InChI=1S/C13H13ClN2O4S/c1-7-8(4-5-10(11(7)14)21(3,19)20)12(17)9-6-15-16(2)13(9)18/h4-6,18H,1-3H3. The van der Waals surface area contributed by atoms with E-state index in [-0.39, 0.29) is 26.9 Å². The monoisotopic (exact) mass is 328 g/mol. The summed E-state index contributed by atoms with van der Waals surface area (Å²) in [5.41, 5.74) is 0.590. The van der Waals surface area contributed by atoms with E-state index in [9.17, 15) is 18.3 Å². The van der Waals surface area contributed by atoms with Crippen LogP contribution in [0, 0.1) is 6.92 Å². The first-order valence-electron chi connectivity index (χ1n) is 5.89. The number of hydrogen-bond donors (Lipinski definition) is 1. The molecule has 0 bridgehead atoms. The molecule has 2 rings (SSSR count). The van der Waals surface area contributed by atoms with Crippen LogP contribution in [0.2, 0.25) is 5.02 Å². The average Bonchev–Trinajstić information content (AvgIpc) is 2.71. The molecule has 8 heteroatoms. The van der Waals surface area contributed by atoms with Gasteiger partial charge < -0.3 is 5.11 Å². The molecule has 1 aromatic carbocycles. The Bertz CT molecular complexity index is 840. The topological polar surface area (TPSA) is 89.3 Å². The van der Waals surface area contributed by atoms with Gasteiger partial charge in [-0.25, -0.2) is 13.1 Å². The van der Waals surface area contributed by atoms with Gasteiger partial charge >= 0.3 is 0 Å². The number of ketones is 1. The molecule has 0 amide bonds. The normalized spacial score (nSPS) is 11.6. The third-order valence-corrected chi connectivity index (χ3v) is 4.89. The highest BCUT2D eigenvalue weighted by Gasteiger charge is 2.23. The maximum Gasteiger partial charge on any atom is 0.220 e. The minimum Gasteiger partial charge on any atom is -0.493 e. The molecular weight excluding hydrogens is 316 g/mol. The van der Waals surface area contributed by atoms with E-state index in [4.69, 9.17) is 11.6 Å². The van der Waals surface area contributed by atoms with Crippen molar-refractivity contribution < 1.29 is 18.3 Å². The third kappa shape index (κ3) is 2.66. The Morgan fingerprint density at radius 3 is 2.43 bits per heavy atom. The molecule has 1 aromatic heterocycles. The Morgan fingerprint density at radius 1 is 1.33 bits per heavy atom. The zero-order chi connectivity index (χ0) is 15.9. The highest BCUT2D eigenvalue weighted by atomic mass is 35.5. The van der Waals surface area contributed by atoms with Crippen LogP contribution in [-0.4, -0.2) is 35.3 Å². The van der Waals surface area contributed by atoms with Gasteiger partial charge in [-0.05, 0) is 24.6 Å². The molecule has 0 unspecified atom stereocenters. The number of aromatic nitrogens is 2. The van der Waals surface area contributed by atoms with Crippen molar-refractivity contribution in [3.8, 4) is 5.88 Å². The molecule has 0 aliphatic carbocycles. The number of benzene rings is 1. The second kappa shape index (κ2) is 5.16. The van der Waals surface area contributed by atoms with Crippen LogP contribution >= 0.6 is 11.6 Å². The van der Waals surface area contributed by atoms with Gasteiger partial charge in [0.2, 0.25) is 5.88 Å². The van der Waals surface area contributed by atoms with E-state index in [1.807, 2.05) is 0 Å². The van der Waals surface area contributed by atoms with Crippen LogP contribution in [0.1, 0.15) is 21.5 Å². The number of aryl methyl sites for hydroxylation is 1. The van der Waals surface area contributed by atoms with Crippen LogP contribution in [0.25, 0.3) is 0 Å². The lowest BCUT2D eigenvalue weighted by molar-refractivity contribution is 0.103. The van der Waals surface area contributed by atoms with Crippen LogP contribution in [0.15, 0.2) is 23.2 Å². The summed E-state index contributed by atoms with van der Waals surface area (Å²) in [6, 6.07) is 2.66. The predicted molar refractivity (Wildman–Crippen MR) is 77.6 cm³/mol. The first kappa shape index (κ1) is 15.5. The number of rotatable bonds is 3. The molecule has 2 aromatic rings. The summed E-state index contributed by atoms with van der Waals surface area (Å²) in [5.74, 6) is -0.734. The molecule has 0 spiro atoms. The Labute approximate surface area is 126 Å². The van der Waals surface area contributed by atoms with Gasteiger partial charge in [-0.2, -0.15) is 5.10 Å². The van der Waals surface area contributed by atoms with E-state index >= 15 is 0 Å². The van der Waals surface area contributed by atoms with Crippen molar-refractivity contribution >= 4 is 27.2 Å². The smallest absolute Gasteiger partial charge is 0.220 e. The molecule has 21 heavy (non-hydrogen) atoms. The van der Waals surface area contributed by atoms with Crippen molar-refractivity contribution in [1.82, 2.24) is 9.78 Å². The number of nitrogens with zero attached hydrogens (tertiary/aromatic N) is 2. The lowest BCUT2D eigenvalue weighted by atomic mass is 10.0. The molecule has 112 valence electrons. The minimum absolute atomic E-state index is 0.00623. The van der Waals surface area contributed by atoms with Crippen LogP contribution in [-0.2, 0) is 16.9 Å². The number of halogens is 1. The van der Waals surface area contributed by atoms with Crippen molar-refractivity contribution in [1.29, 1.82) is 0 Å². The maximum absolute atomic E-state index is 12.4. The van der Waals surface area contributed by atoms with Crippen molar-refractivity contribution in [3.63, 3.8) is 0 Å². The van der Waals surface area contributed by atoms with E-state index in [2.05, 4.69) is 5.10 Å². The molecule has 0 saturated carbocycles. The first-order chi connectivity index (χ1) is 9.64. The van der Waals surface area contributed by atoms with E-state index in [1.165, 1.54) is 25.4 Å². The Balaban J connectivity index is 2.59. The summed E-state index contributed by atoms with van der Waals surface area (Å²) < 4.78 is 24.3. The van der Waals surface area contributed by atoms with E-state index in [1.54, 1.807) is 6.92 Å². The summed E-state index contributed by atoms with van der Waals surface area (Å²) in [7, 11) is -1.98. The van der Waals surface area contributed by atoms with Crippen molar-refractivity contribution in [3.05, 3.63) is 40.0 Å². The minimum atomic E-state index is -3.48. The summed E-state index contributed by atoms with van der Waals surface area (Å²) in [6.07, 6.45) is 2.29. The number of carbonyl (C=O) groups excluding carboxylic acids is 1. The zero-order valence-electron chi connectivity index (χ0n) is 11.6. The summed E-state index contributed by atoms with van der Waals surface area (Å²) in [4.78, 5) is 12.4. The van der Waals surface area contributed by atoms with Gasteiger partial charge in [-0.15, -0.1) is 0 Å². The predicted octanol–water partition coefficient (Wildman–Crippen LogP) is 1.72. The van der Waals surface area contributed by atoms with Crippen LogP contribution < -0.4 is 0 Å². The highest BCUT2D eigenvalue weighted by Crippen LogP contribution is 2.30. The number of carbonyl (C=O) groups is 1. The summed E-state index contributed by atoms with van der Waals surface area (Å²) >= 11 is 6.04. The molecule has 0 atom stereocenters. The van der Waals surface area contributed by atoms with E-state index in [0.717, 1.165) is 10.9 Å². The number of sulfone groups is 1. The molecule has 1 heterocycles. The van der Waals surface area contributed by atoms with Gasteiger partial charge in [0.15, 0.2) is 15.6 Å². The van der Waals surface area contributed by atoms with Crippen molar-refractivity contribution in [2.75, 3.05) is 6.26 Å². The highest BCUT2D eigenvalue weighted by molar-refractivity contribution is 7.90. The molecular formula is C13H13ClN2O4S. The van der Waals surface area contributed by atoms with E-state index < -0.39 is 15.6 Å². The fourth-order valence-corrected chi connectivity index (χ4v) is 3.31. The Kier molecular flexibility index (Phi) is 3.81. The van der Waals surface area contributed by atoms with Crippen molar-refractivity contribution in [2.45, 2.75) is 11.8 Å². The fraction of sp³-hybridized carbons (Fsp3) is 0.231. The molecule has 1 N–H and O–H groups in total. The quantitative estimate of drug-likeness (QED) is 0.866. The fourth-order valence-electron chi connectivity index (χ4n) is 1.93. The lowest BCUT2D eigenvalue weighted by Gasteiger charge is -2.09. The molecule has 0 aliphatic rings. The van der Waals surface area contributed by atoms with Crippen LogP contribution in [0.4, 0.5) is 0 Å². The third-order valence-electron chi connectivity index (χ3n) is 3.15. The largest absolute Gasteiger partial charge is 0.493 e. The number of aromatic hydroxyl groups is 1. The van der Waals surface area contributed by atoms with Gasteiger partial charge in [0.1, 0.15) is 5.56 Å². The molecule has 6 nitrogen and oxygen atoms in total. The summed E-state index contributed by atoms with van der Waals surface area (Å²) in [5, 5.41) is 13.6. The zero-order valence-corrected chi connectivity index (χ0v) is 13.2. The van der Waals surface area contributed by atoms with Gasteiger partial charge in [-0.1, -0.05) is 11.6 Å². The Morgan fingerprint density at radius 2 is 1.95 bits per heavy atom. The SMILES string of the molecule is Cc1c(C(=O)c2cnn(C)c2O)ccc(S(C)(=O)=O)c1Cl. The van der Waals surface area contributed by atoms with Gasteiger partial charge in [-0.3, -0.25) is 4.79 Å². The molecule has 0 saturated heterocycles.